The molecular formula is C29H36FN5O14P2. The summed E-state index contributed by atoms with van der Waals surface area (Å²) in [6, 6.07) is 12.3. The molecular weight excluding hydrogens is 723 g/mol. The lowest BCUT2D eigenvalue weighted by Gasteiger charge is -2.36. The quantitative estimate of drug-likeness (QED) is 0.0698. The van der Waals surface area contributed by atoms with Gasteiger partial charge in [0, 0.05) is 38.7 Å². The number of aliphatic hydroxyl groups excluding tert-OH is 1. The Morgan fingerprint density at radius 1 is 1.02 bits per heavy atom. The average molecular weight is 760 g/mol. The third kappa shape index (κ3) is 8.88. The Balaban J connectivity index is 1.08. The van der Waals surface area contributed by atoms with E-state index in [0.717, 1.165) is 12.1 Å². The fraction of sp³-hybridized carbons (Fsp3) is 0.379. The third-order valence-corrected chi connectivity index (χ3v) is 12.0. The van der Waals surface area contributed by atoms with Crippen LogP contribution in [-0.2, 0) is 26.8 Å². The summed E-state index contributed by atoms with van der Waals surface area (Å²) in [6.45, 7) is 1.92. The molecule has 5 rings (SSSR count). The fourth-order valence-electron chi connectivity index (χ4n) is 5.45. The van der Waals surface area contributed by atoms with E-state index >= 15 is 4.39 Å². The molecule has 8 N–H and O–H groups in total. The second-order valence-corrected chi connectivity index (χ2v) is 15.8. The van der Waals surface area contributed by atoms with Crippen LogP contribution in [-0.4, -0.2) is 109 Å². The molecule has 0 aliphatic carbocycles. The van der Waals surface area contributed by atoms with Gasteiger partial charge in [0.2, 0.25) is 5.88 Å². The lowest BCUT2D eigenvalue weighted by Crippen LogP contribution is -2.46. The standard InChI is InChI=1S/C29H36FN5O14P2/c30-24-13-20(3-7-25(24)33-11-9-32(10-12-33)16-22-6-8-26(47-22)35(40)18-36)34-17-23(49-28(34)38)15-31-27(37)48-21-4-1-19(2-5-21)14-29(39,50(41,42)43)51(44,45)46/h1-8,13,23,36,39-40H,9-12,14-18H2,(H,31,37)(H2,41,42,43)(H2,44,45,46)/t23-/m0/s1. The van der Waals surface area contributed by atoms with Crippen LogP contribution in [0.15, 0.2) is 59.0 Å². The number of amides is 2. The van der Waals surface area contributed by atoms with E-state index < -0.39 is 57.5 Å². The van der Waals surface area contributed by atoms with E-state index in [1.54, 1.807) is 24.3 Å². The van der Waals surface area contributed by atoms with Gasteiger partial charge in [-0.05, 0) is 42.0 Å². The Kier molecular flexibility index (Phi) is 11.4. The number of ether oxygens (including phenoxy) is 2. The van der Waals surface area contributed by atoms with Crippen molar-refractivity contribution in [3.8, 4) is 5.75 Å². The summed E-state index contributed by atoms with van der Waals surface area (Å²) in [5.41, 5.74) is 0.543. The molecule has 3 aromatic rings. The molecule has 3 heterocycles. The van der Waals surface area contributed by atoms with Crippen molar-refractivity contribution >= 4 is 44.6 Å². The van der Waals surface area contributed by atoms with Crippen LogP contribution in [0, 0.1) is 5.82 Å². The summed E-state index contributed by atoms with van der Waals surface area (Å²) in [6.07, 6.45) is -3.60. The molecule has 0 unspecified atom stereocenters. The van der Waals surface area contributed by atoms with Gasteiger partial charge in [-0.2, -0.15) is 5.06 Å². The molecule has 0 radical (unpaired) electrons. The molecule has 2 aromatic carbocycles. The molecule has 2 aliphatic rings. The van der Waals surface area contributed by atoms with Crippen molar-refractivity contribution in [2.75, 3.05) is 60.9 Å². The first-order valence-electron chi connectivity index (χ1n) is 15.3. The Labute approximate surface area is 289 Å². The van der Waals surface area contributed by atoms with Crippen LogP contribution in [0.4, 0.5) is 31.2 Å². The summed E-state index contributed by atoms with van der Waals surface area (Å²) in [7, 11) is -11.3. The van der Waals surface area contributed by atoms with Crippen LogP contribution in [0.3, 0.4) is 0 Å². The number of anilines is 3. The number of rotatable bonds is 13. The molecule has 2 amide bonds. The zero-order valence-electron chi connectivity index (χ0n) is 26.7. The van der Waals surface area contributed by atoms with Crippen molar-refractivity contribution in [2.24, 2.45) is 0 Å². The number of piperazine rings is 1. The Hall–Kier alpha value is -4.07. The van der Waals surface area contributed by atoms with Crippen molar-refractivity contribution in [3.63, 3.8) is 0 Å². The second-order valence-electron chi connectivity index (χ2n) is 11.7. The van der Waals surface area contributed by atoms with Gasteiger partial charge in [-0.15, -0.1) is 0 Å². The molecule has 1 atom stereocenters. The Morgan fingerprint density at radius 2 is 1.69 bits per heavy atom. The van der Waals surface area contributed by atoms with Crippen molar-refractivity contribution in [3.05, 3.63) is 71.7 Å². The van der Waals surface area contributed by atoms with Crippen molar-refractivity contribution in [1.29, 1.82) is 0 Å². The zero-order valence-corrected chi connectivity index (χ0v) is 28.5. The van der Waals surface area contributed by atoms with Gasteiger partial charge in [-0.25, -0.2) is 14.0 Å². The highest BCUT2D eigenvalue weighted by Crippen LogP contribution is 2.68. The van der Waals surface area contributed by atoms with E-state index in [0.29, 0.717) is 49.2 Å². The average Bonchev–Trinajstić information content (AvgIpc) is 3.70. The first kappa shape index (κ1) is 38.2. The molecule has 0 saturated carbocycles. The maximum absolute atomic E-state index is 15.3. The summed E-state index contributed by atoms with van der Waals surface area (Å²) in [4.78, 5) is 67.4. The van der Waals surface area contributed by atoms with E-state index in [1.165, 1.54) is 23.1 Å². The highest BCUT2D eigenvalue weighted by molar-refractivity contribution is 7.72. The number of nitrogens with zero attached hydrogens (tertiary/aromatic N) is 4. The van der Waals surface area contributed by atoms with Gasteiger partial charge in [0.05, 0.1) is 31.0 Å². The number of hydrogen-bond donors (Lipinski definition) is 8. The van der Waals surface area contributed by atoms with Crippen LogP contribution in [0.5, 0.6) is 5.75 Å². The fourth-order valence-corrected chi connectivity index (χ4v) is 7.59. The number of furan rings is 1. The predicted octanol–water partition coefficient (Wildman–Crippen LogP) is 1.54. The largest absolute Gasteiger partial charge is 0.442 e. The molecule has 2 saturated heterocycles. The van der Waals surface area contributed by atoms with Crippen LogP contribution in [0.2, 0.25) is 0 Å². The summed E-state index contributed by atoms with van der Waals surface area (Å²) in [5, 5.41) is 28.0. The zero-order chi connectivity index (χ0) is 37.1. The topological polar surface area (TPSA) is 266 Å². The molecule has 51 heavy (non-hydrogen) atoms. The molecule has 22 heteroatoms. The van der Waals surface area contributed by atoms with Gasteiger partial charge in [0.15, 0.2) is 0 Å². The highest BCUT2D eigenvalue weighted by atomic mass is 31.2. The molecule has 2 aliphatic heterocycles. The van der Waals surface area contributed by atoms with Gasteiger partial charge < -0.3 is 53.9 Å². The molecule has 278 valence electrons. The van der Waals surface area contributed by atoms with Crippen molar-refractivity contribution in [1.82, 2.24) is 10.2 Å². The first-order valence-corrected chi connectivity index (χ1v) is 18.5. The van der Waals surface area contributed by atoms with Gasteiger partial charge in [-0.3, -0.25) is 24.1 Å². The number of carbonyl (C=O) groups is 2. The maximum atomic E-state index is 15.3. The van der Waals surface area contributed by atoms with E-state index in [2.05, 4.69) is 10.2 Å². The van der Waals surface area contributed by atoms with Gasteiger partial charge in [-0.1, -0.05) is 12.1 Å². The lowest BCUT2D eigenvalue weighted by atomic mass is 10.1. The monoisotopic (exact) mass is 759 g/mol. The number of cyclic esters (lactones) is 1. The van der Waals surface area contributed by atoms with Crippen molar-refractivity contribution in [2.45, 2.75) is 24.2 Å². The minimum Gasteiger partial charge on any atom is -0.442 e. The van der Waals surface area contributed by atoms with Crippen molar-refractivity contribution < 1.29 is 72.0 Å². The number of hydrogen-bond acceptors (Lipinski definition) is 13. The Bertz CT molecular complexity index is 1790. The smallest absolute Gasteiger partial charge is 0.414 e. The minimum atomic E-state index is -5.66. The number of aliphatic hydroxyl groups is 2. The molecule has 19 nitrogen and oxygen atoms in total. The minimum absolute atomic E-state index is 0.00579. The van der Waals surface area contributed by atoms with E-state index in [1.807, 2.05) is 4.90 Å². The number of benzene rings is 2. The number of halogens is 1. The second kappa shape index (κ2) is 15.3. The predicted molar refractivity (Wildman–Crippen MR) is 175 cm³/mol. The molecule has 2 fully saturated rings. The summed E-state index contributed by atoms with van der Waals surface area (Å²) < 4.78 is 54.4. The van der Waals surface area contributed by atoms with E-state index in [4.69, 9.17) is 19.0 Å². The van der Waals surface area contributed by atoms with Gasteiger partial charge >= 0.3 is 27.4 Å². The van der Waals surface area contributed by atoms with Crippen LogP contribution in [0.1, 0.15) is 11.3 Å². The summed E-state index contributed by atoms with van der Waals surface area (Å²) in [5.74, 6) is 0.119. The normalized spacial score (nSPS) is 17.4. The number of carbonyl (C=O) groups excluding carboxylic acids is 2. The van der Waals surface area contributed by atoms with Gasteiger partial charge in [0.25, 0.3) is 5.08 Å². The van der Waals surface area contributed by atoms with Crippen LogP contribution in [0.25, 0.3) is 0 Å². The SMILES string of the molecule is O=C(NC[C@H]1CN(c2ccc(N3CCN(Cc4ccc(N(O)CO)o4)CC3)c(F)c2)C(=O)O1)Oc1ccc(CC(O)(P(=O)(O)O)P(=O)(O)O)cc1. The molecule has 0 spiro atoms. The number of nitrogens with one attached hydrogen (secondary N) is 1. The van der Waals surface area contributed by atoms with Gasteiger partial charge in [0.1, 0.15) is 30.2 Å². The first-order chi connectivity index (χ1) is 24.0. The highest BCUT2D eigenvalue weighted by Gasteiger charge is 2.59. The molecule has 1 aromatic heterocycles. The Morgan fingerprint density at radius 3 is 2.29 bits per heavy atom. The van der Waals surface area contributed by atoms with Crippen LogP contribution >= 0.6 is 15.2 Å². The summed E-state index contributed by atoms with van der Waals surface area (Å²) >= 11 is 0. The molecule has 0 bridgehead atoms. The maximum Gasteiger partial charge on any atom is 0.414 e. The van der Waals surface area contributed by atoms with E-state index in [9.17, 15) is 48.6 Å². The number of hydroxylamine groups is 1. The lowest BCUT2D eigenvalue weighted by molar-refractivity contribution is 0.131. The van der Waals surface area contributed by atoms with Crippen LogP contribution < -0.4 is 24.9 Å². The third-order valence-electron chi connectivity index (χ3n) is 8.23. The van der Waals surface area contributed by atoms with E-state index in [-0.39, 0.29) is 36.0 Å².